The normalized spacial score (nSPS) is 10.8. The maximum Gasteiger partial charge on any atom is 0.225 e. The van der Waals surface area contributed by atoms with E-state index in [0.29, 0.717) is 6.54 Å². The van der Waals surface area contributed by atoms with Crippen molar-refractivity contribution in [1.82, 2.24) is 9.97 Å². The quantitative estimate of drug-likeness (QED) is 0.674. The van der Waals surface area contributed by atoms with Crippen LogP contribution in [0.15, 0.2) is 18.2 Å². The van der Waals surface area contributed by atoms with Crippen LogP contribution in [0.1, 0.15) is 18.7 Å². The molecule has 2 rings (SSSR count). The fraction of sp³-hybridized carbons (Fsp3) is 0.333. The lowest BCUT2D eigenvalue weighted by Crippen LogP contribution is -2.04. The molecule has 0 aliphatic rings. The summed E-state index contributed by atoms with van der Waals surface area (Å²) in [6.45, 7) is 8.65. The minimum atomic E-state index is 0.284. The average molecular weight is 268 g/mol. The summed E-state index contributed by atoms with van der Waals surface area (Å²) in [7, 11) is 0. The van der Waals surface area contributed by atoms with Crippen molar-refractivity contribution in [2.75, 3.05) is 11.9 Å². The molecule has 0 unspecified atom stereocenters. The van der Waals surface area contributed by atoms with E-state index >= 15 is 0 Å². The molecule has 0 aliphatic carbocycles. The third kappa shape index (κ3) is 2.76. The van der Waals surface area contributed by atoms with Crippen LogP contribution in [0, 0.1) is 0 Å². The highest BCUT2D eigenvalue weighted by molar-refractivity contribution is 7.18. The molecule has 1 N–H and O–H groups in total. The molecule has 0 saturated heterocycles. The van der Waals surface area contributed by atoms with Gasteiger partial charge in [0.25, 0.3) is 0 Å². The van der Waals surface area contributed by atoms with Gasteiger partial charge in [0.15, 0.2) is 0 Å². The molecule has 17 heavy (non-hydrogen) atoms. The Balaban J connectivity index is 2.44. The highest BCUT2D eigenvalue weighted by Crippen LogP contribution is 2.30. The summed E-state index contributed by atoms with van der Waals surface area (Å²) in [5.41, 5.74) is 1.05. The first-order valence-electron chi connectivity index (χ1n) is 5.44. The van der Waals surface area contributed by atoms with Crippen molar-refractivity contribution in [1.29, 1.82) is 0 Å². The summed E-state index contributed by atoms with van der Waals surface area (Å²) in [6, 6.07) is 2.12. The highest BCUT2D eigenvalue weighted by atomic mass is 35.5. The molecule has 0 atom stereocenters. The van der Waals surface area contributed by atoms with Crippen LogP contribution in [0.3, 0.4) is 0 Å². The number of nitrogens with zero attached hydrogens (tertiary/aromatic N) is 2. The average Bonchev–Trinajstić information content (AvgIpc) is 2.68. The molecular formula is C12H14ClN3S. The van der Waals surface area contributed by atoms with Crippen molar-refractivity contribution >= 4 is 39.0 Å². The summed E-state index contributed by atoms with van der Waals surface area (Å²) in [5, 5.41) is 4.56. The molecule has 2 aromatic heterocycles. The maximum absolute atomic E-state index is 5.91. The summed E-state index contributed by atoms with van der Waals surface area (Å²) < 4.78 is 0. The van der Waals surface area contributed by atoms with Gasteiger partial charge >= 0.3 is 0 Å². The van der Waals surface area contributed by atoms with Crippen molar-refractivity contribution < 1.29 is 0 Å². The summed E-state index contributed by atoms with van der Waals surface area (Å²) >= 11 is 7.58. The molecule has 0 bridgehead atoms. The highest BCUT2D eigenvalue weighted by Gasteiger charge is 2.10. The molecule has 2 heterocycles. The van der Waals surface area contributed by atoms with Gasteiger partial charge in [-0.05, 0) is 31.0 Å². The number of hydrogen-bond acceptors (Lipinski definition) is 4. The lowest BCUT2D eigenvalue weighted by Gasteiger charge is -2.06. The maximum atomic E-state index is 5.91. The molecule has 0 radical (unpaired) electrons. The van der Waals surface area contributed by atoms with Gasteiger partial charge in [-0.2, -0.15) is 0 Å². The first-order valence-corrected chi connectivity index (χ1v) is 6.63. The van der Waals surface area contributed by atoms with E-state index in [1.54, 1.807) is 11.3 Å². The first kappa shape index (κ1) is 12.3. The Morgan fingerprint density at radius 2 is 2.29 bits per heavy atom. The second kappa shape index (κ2) is 5.02. The van der Waals surface area contributed by atoms with Crippen LogP contribution >= 0.6 is 22.9 Å². The Bertz CT molecular complexity index is 562. The SMILES string of the molecule is C=C(C)CNc1nc(Cl)nc2sc(CC)cc12. The molecule has 0 saturated carbocycles. The predicted molar refractivity (Wildman–Crippen MR) is 75.1 cm³/mol. The van der Waals surface area contributed by atoms with E-state index in [0.717, 1.165) is 28.0 Å². The second-order valence-corrected chi connectivity index (χ2v) is 5.39. The lowest BCUT2D eigenvalue weighted by atomic mass is 10.3. The van der Waals surface area contributed by atoms with E-state index in [4.69, 9.17) is 11.6 Å². The third-order valence-corrected chi connectivity index (χ3v) is 3.66. The van der Waals surface area contributed by atoms with Crippen molar-refractivity contribution in [2.24, 2.45) is 0 Å². The largest absolute Gasteiger partial charge is 0.366 e. The number of fused-ring (bicyclic) bond motifs is 1. The van der Waals surface area contributed by atoms with E-state index in [-0.39, 0.29) is 5.28 Å². The standard InChI is InChI=1S/C12H14ClN3S/c1-4-8-5-9-10(14-6-7(2)3)15-12(13)16-11(9)17-8/h5H,2,4,6H2,1,3H3,(H,14,15,16). The second-order valence-electron chi connectivity index (χ2n) is 3.94. The Labute approximate surface area is 110 Å². The fourth-order valence-electron chi connectivity index (χ4n) is 1.49. The summed E-state index contributed by atoms with van der Waals surface area (Å²) in [4.78, 5) is 10.7. The molecule has 0 aromatic carbocycles. The molecule has 90 valence electrons. The molecule has 0 spiro atoms. The zero-order valence-electron chi connectivity index (χ0n) is 9.88. The van der Waals surface area contributed by atoms with Crippen molar-refractivity contribution in [3.8, 4) is 0 Å². The first-order chi connectivity index (χ1) is 8.10. The summed E-state index contributed by atoms with van der Waals surface area (Å²) in [5.74, 6) is 0.791. The zero-order valence-corrected chi connectivity index (χ0v) is 11.5. The van der Waals surface area contributed by atoms with E-state index in [1.165, 1.54) is 4.88 Å². The molecular weight excluding hydrogens is 254 g/mol. The van der Waals surface area contributed by atoms with Crippen LogP contribution in [-0.2, 0) is 6.42 Å². The zero-order chi connectivity index (χ0) is 12.4. The number of thiophene rings is 1. The van der Waals surface area contributed by atoms with Gasteiger partial charge in [0.05, 0.1) is 5.39 Å². The molecule has 0 fully saturated rings. The van der Waals surface area contributed by atoms with Gasteiger partial charge in [-0.3, -0.25) is 0 Å². The molecule has 3 nitrogen and oxygen atoms in total. The number of rotatable bonds is 4. The molecule has 0 aliphatic heterocycles. The minimum Gasteiger partial charge on any atom is -0.366 e. The van der Waals surface area contributed by atoms with Crippen molar-refractivity contribution in [2.45, 2.75) is 20.3 Å². The van der Waals surface area contributed by atoms with Crippen LogP contribution < -0.4 is 5.32 Å². The van der Waals surface area contributed by atoms with Gasteiger partial charge in [0.2, 0.25) is 5.28 Å². The monoisotopic (exact) mass is 267 g/mol. The minimum absolute atomic E-state index is 0.284. The smallest absolute Gasteiger partial charge is 0.225 e. The van der Waals surface area contributed by atoms with E-state index < -0.39 is 0 Å². The van der Waals surface area contributed by atoms with Crippen LogP contribution in [0.5, 0.6) is 0 Å². The van der Waals surface area contributed by atoms with Gasteiger partial charge in [0, 0.05) is 11.4 Å². The molecule has 2 aromatic rings. The van der Waals surface area contributed by atoms with Crippen LogP contribution in [0.25, 0.3) is 10.2 Å². The van der Waals surface area contributed by atoms with Gasteiger partial charge in [-0.25, -0.2) is 9.97 Å². The lowest BCUT2D eigenvalue weighted by molar-refractivity contribution is 1.15. The van der Waals surface area contributed by atoms with Gasteiger partial charge in [0.1, 0.15) is 10.6 Å². The number of aryl methyl sites for hydroxylation is 1. The fourth-order valence-corrected chi connectivity index (χ4v) is 2.68. The third-order valence-electron chi connectivity index (χ3n) is 2.32. The van der Waals surface area contributed by atoms with Gasteiger partial charge < -0.3 is 5.32 Å². The van der Waals surface area contributed by atoms with Crippen molar-refractivity contribution in [3.05, 3.63) is 28.4 Å². The Kier molecular flexibility index (Phi) is 3.64. The van der Waals surface area contributed by atoms with Gasteiger partial charge in [-0.1, -0.05) is 19.1 Å². The van der Waals surface area contributed by atoms with Crippen molar-refractivity contribution in [3.63, 3.8) is 0 Å². The molecule has 5 heteroatoms. The Morgan fingerprint density at radius 1 is 1.53 bits per heavy atom. The Morgan fingerprint density at radius 3 is 2.94 bits per heavy atom. The summed E-state index contributed by atoms with van der Waals surface area (Å²) in [6.07, 6.45) is 0.999. The number of halogens is 1. The van der Waals surface area contributed by atoms with Crippen LogP contribution in [0.4, 0.5) is 5.82 Å². The Hall–Kier alpha value is -1.13. The molecule has 0 amide bonds. The van der Waals surface area contributed by atoms with Crippen LogP contribution in [0.2, 0.25) is 5.28 Å². The number of hydrogen-bond donors (Lipinski definition) is 1. The van der Waals surface area contributed by atoms with E-state index in [1.807, 2.05) is 6.92 Å². The van der Waals surface area contributed by atoms with E-state index in [2.05, 4.69) is 34.9 Å². The topological polar surface area (TPSA) is 37.8 Å². The van der Waals surface area contributed by atoms with Gasteiger partial charge in [-0.15, -0.1) is 11.3 Å². The predicted octanol–water partition coefficient (Wildman–Crippen LogP) is 3.90. The van der Waals surface area contributed by atoms with E-state index in [9.17, 15) is 0 Å². The number of nitrogens with one attached hydrogen (secondary N) is 1. The number of aromatic nitrogens is 2. The number of anilines is 1. The van der Waals surface area contributed by atoms with Crippen LogP contribution in [-0.4, -0.2) is 16.5 Å².